The number of nitro groups is 1. The predicted octanol–water partition coefficient (Wildman–Crippen LogP) is 1.78. The molecule has 6 nitrogen and oxygen atoms in total. The molecule has 2 aromatic carbocycles. The summed E-state index contributed by atoms with van der Waals surface area (Å²) in [4.78, 5) is 10.1. The van der Waals surface area contributed by atoms with Crippen molar-refractivity contribution < 1.29 is 19.0 Å². The average molecular weight is 299 g/mol. The summed E-state index contributed by atoms with van der Waals surface area (Å²) < 4.78 is 17.0. The van der Waals surface area contributed by atoms with Crippen LogP contribution in [0.2, 0.25) is 0 Å². The normalized spacial score (nSPS) is 17.5. The molecule has 0 radical (unpaired) electrons. The Morgan fingerprint density at radius 2 is 1.91 bits per heavy atom. The molecule has 1 unspecified atom stereocenters. The monoisotopic (exact) mass is 299 g/mol. The Balaban J connectivity index is 1.51. The lowest BCUT2D eigenvalue weighted by molar-refractivity contribution is -0.384. The number of benzene rings is 2. The smallest absolute Gasteiger partial charge is 0.491 e. The minimum atomic E-state index is -0.442. The van der Waals surface area contributed by atoms with Crippen LogP contribution in [0.3, 0.4) is 0 Å². The zero-order chi connectivity index (χ0) is 15.4. The van der Waals surface area contributed by atoms with Crippen molar-refractivity contribution in [1.82, 2.24) is 0 Å². The van der Waals surface area contributed by atoms with E-state index in [4.69, 9.17) is 14.0 Å². The zero-order valence-electron chi connectivity index (χ0n) is 11.8. The molecule has 0 bridgehead atoms. The number of nitrogens with zero attached hydrogens (tertiary/aromatic N) is 1. The van der Waals surface area contributed by atoms with E-state index < -0.39 is 4.92 Å². The van der Waals surface area contributed by atoms with E-state index in [1.165, 1.54) is 12.1 Å². The summed E-state index contributed by atoms with van der Waals surface area (Å²) in [6, 6.07) is 15.7. The van der Waals surface area contributed by atoms with Gasteiger partial charge in [0.25, 0.3) is 5.69 Å². The van der Waals surface area contributed by atoms with E-state index in [0.29, 0.717) is 19.0 Å². The van der Waals surface area contributed by atoms with E-state index in [-0.39, 0.29) is 18.9 Å². The van der Waals surface area contributed by atoms with Gasteiger partial charge in [-0.25, -0.2) is 0 Å². The first kappa shape index (κ1) is 14.6. The van der Waals surface area contributed by atoms with Crippen molar-refractivity contribution in [3.8, 4) is 5.75 Å². The van der Waals surface area contributed by atoms with Crippen molar-refractivity contribution in [3.05, 3.63) is 64.7 Å². The molecule has 3 rings (SSSR count). The van der Waals surface area contributed by atoms with Crippen LogP contribution in [0.1, 0.15) is 0 Å². The molecule has 0 saturated carbocycles. The van der Waals surface area contributed by atoms with E-state index in [9.17, 15) is 10.1 Å². The maximum Gasteiger partial charge on any atom is 0.494 e. The molecule has 22 heavy (non-hydrogen) atoms. The van der Waals surface area contributed by atoms with Crippen molar-refractivity contribution in [2.45, 2.75) is 6.10 Å². The number of hydrogen-bond acceptors (Lipinski definition) is 5. The molecule has 0 amide bonds. The minimum Gasteiger partial charge on any atom is -0.491 e. The SMILES string of the molecule is O=[N+]([O-])c1ccc(OCC2COB(c3ccccc3)O2)cc1. The highest BCUT2D eigenvalue weighted by Crippen LogP contribution is 2.18. The number of non-ortho nitro benzene ring substituents is 1. The van der Waals surface area contributed by atoms with Gasteiger partial charge < -0.3 is 14.0 Å². The standard InChI is InChI=1S/C15H14BNO5/c18-17(19)13-6-8-14(9-7-13)20-10-15-11-21-16(22-15)12-4-2-1-3-5-12/h1-9,15H,10-11H2. The molecule has 1 heterocycles. The van der Waals surface area contributed by atoms with Crippen molar-refractivity contribution in [1.29, 1.82) is 0 Å². The second-order valence-corrected chi connectivity index (χ2v) is 4.90. The third-order valence-electron chi connectivity index (χ3n) is 3.30. The molecule has 7 heteroatoms. The van der Waals surface area contributed by atoms with Gasteiger partial charge in [-0.2, -0.15) is 0 Å². The molecule has 1 atom stereocenters. The molecule has 0 N–H and O–H groups in total. The fourth-order valence-electron chi connectivity index (χ4n) is 2.17. The third-order valence-corrected chi connectivity index (χ3v) is 3.30. The van der Waals surface area contributed by atoms with Gasteiger partial charge in [-0.15, -0.1) is 0 Å². The molecule has 0 aliphatic carbocycles. The molecule has 0 aromatic heterocycles. The maximum absolute atomic E-state index is 10.6. The Kier molecular flexibility index (Phi) is 4.36. The van der Waals surface area contributed by atoms with Crippen LogP contribution < -0.4 is 10.2 Å². The quantitative estimate of drug-likeness (QED) is 0.478. The minimum absolute atomic E-state index is 0.0388. The Morgan fingerprint density at radius 3 is 2.59 bits per heavy atom. The Bertz CT molecular complexity index is 634. The summed E-state index contributed by atoms with van der Waals surface area (Å²) >= 11 is 0. The van der Waals surface area contributed by atoms with Gasteiger partial charge >= 0.3 is 7.12 Å². The molecule has 0 spiro atoms. The highest BCUT2D eigenvalue weighted by Gasteiger charge is 2.33. The van der Waals surface area contributed by atoms with Crippen molar-refractivity contribution in [2.75, 3.05) is 13.2 Å². The summed E-state index contributed by atoms with van der Waals surface area (Å²) in [6.07, 6.45) is -0.166. The number of ether oxygens (including phenoxy) is 1. The highest BCUT2D eigenvalue weighted by atomic mass is 16.7. The van der Waals surface area contributed by atoms with Crippen LogP contribution in [0.4, 0.5) is 5.69 Å². The van der Waals surface area contributed by atoms with Crippen LogP contribution in [-0.4, -0.2) is 31.4 Å². The van der Waals surface area contributed by atoms with Crippen LogP contribution in [0, 0.1) is 10.1 Å². The van der Waals surface area contributed by atoms with Crippen LogP contribution in [0.25, 0.3) is 0 Å². The molecule has 1 aliphatic rings. The van der Waals surface area contributed by atoms with Crippen molar-refractivity contribution in [3.63, 3.8) is 0 Å². The lowest BCUT2D eigenvalue weighted by Gasteiger charge is -2.11. The van der Waals surface area contributed by atoms with Crippen LogP contribution in [0.5, 0.6) is 5.75 Å². The zero-order valence-corrected chi connectivity index (χ0v) is 11.8. The van der Waals surface area contributed by atoms with Crippen LogP contribution in [-0.2, 0) is 9.31 Å². The maximum atomic E-state index is 10.6. The second kappa shape index (κ2) is 6.59. The molecule has 1 aliphatic heterocycles. The fourth-order valence-corrected chi connectivity index (χ4v) is 2.17. The third kappa shape index (κ3) is 3.44. The van der Waals surface area contributed by atoms with E-state index in [1.54, 1.807) is 12.1 Å². The first-order valence-corrected chi connectivity index (χ1v) is 6.91. The first-order chi connectivity index (χ1) is 10.7. The van der Waals surface area contributed by atoms with Crippen molar-refractivity contribution >= 4 is 18.3 Å². The molecule has 112 valence electrons. The molecular weight excluding hydrogens is 285 g/mol. The molecule has 2 aromatic rings. The van der Waals surface area contributed by atoms with Gasteiger partial charge in [0.15, 0.2) is 0 Å². The molecule has 1 fully saturated rings. The molecule has 1 saturated heterocycles. The van der Waals surface area contributed by atoms with Gasteiger partial charge in [0.1, 0.15) is 12.4 Å². The predicted molar refractivity (Wildman–Crippen MR) is 81.2 cm³/mol. The second-order valence-electron chi connectivity index (χ2n) is 4.90. The fraction of sp³-hybridized carbons (Fsp3) is 0.200. The van der Waals surface area contributed by atoms with Gasteiger partial charge in [-0.05, 0) is 17.6 Å². The van der Waals surface area contributed by atoms with Crippen molar-refractivity contribution in [2.24, 2.45) is 0 Å². The summed E-state index contributed by atoms with van der Waals surface area (Å²) in [7, 11) is -0.369. The molecular formula is C15H14BNO5. The van der Waals surface area contributed by atoms with E-state index in [2.05, 4.69) is 0 Å². The van der Waals surface area contributed by atoms with Gasteiger partial charge in [-0.1, -0.05) is 30.3 Å². The summed E-state index contributed by atoms with van der Waals surface area (Å²) in [5.74, 6) is 0.567. The van der Waals surface area contributed by atoms with Crippen LogP contribution in [0.15, 0.2) is 54.6 Å². The largest absolute Gasteiger partial charge is 0.494 e. The summed E-state index contributed by atoms with van der Waals surface area (Å²) in [5.41, 5.74) is 1.01. The van der Waals surface area contributed by atoms with E-state index >= 15 is 0 Å². The lowest BCUT2D eigenvalue weighted by Crippen LogP contribution is -2.33. The summed E-state index contributed by atoms with van der Waals surface area (Å²) in [6.45, 7) is 0.785. The number of nitro benzene ring substituents is 1. The van der Waals surface area contributed by atoms with Crippen LogP contribution >= 0.6 is 0 Å². The number of rotatable bonds is 5. The Morgan fingerprint density at radius 1 is 1.18 bits per heavy atom. The topological polar surface area (TPSA) is 70.8 Å². The Hall–Kier alpha value is -2.38. The number of hydrogen-bond donors (Lipinski definition) is 0. The van der Waals surface area contributed by atoms with Gasteiger partial charge in [0, 0.05) is 12.1 Å². The summed E-state index contributed by atoms with van der Waals surface area (Å²) in [5, 5.41) is 10.6. The van der Waals surface area contributed by atoms with Gasteiger partial charge in [0.2, 0.25) is 0 Å². The van der Waals surface area contributed by atoms with E-state index in [1.807, 2.05) is 30.3 Å². The van der Waals surface area contributed by atoms with Gasteiger partial charge in [-0.3, -0.25) is 10.1 Å². The highest BCUT2D eigenvalue weighted by molar-refractivity contribution is 6.61. The Labute approximate surface area is 127 Å². The lowest BCUT2D eigenvalue weighted by atomic mass is 9.79. The average Bonchev–Trinajstić information content (AvgIpc) is 3.03. The first-order valence-electron chi connectivity index (χ1n) is 6.91. The van der Waals surface area contributed by atoms with Gasteiger partial charge in [0.05, 0.1) is 17.6 Å². The van der Waals surface area contributed by atoms with E-state index in [0.717, 1.165) is 5.46 Å².